The lowest BCUT2D eigenvalue weighted by atomic mass is 9.88. The summed E-state index contributed by atoms with van der Waals surface area (Å²) in [4.78, 5) is 11.8. The lowest BCUT2D eigenvalue weighted by Crippen LogP contribution is -2.35. The van der Waals surface area contributed by atoms with E-state index in [1.54, 1.807) is 36.0 Å². The minimum Gasteiger partial charge on any atom is -0.488 e. The molecule has 0 amide bonds. The Labute approximate surface area is 205 Å². The molecule has 4 rings (SSSR count). The molecule has 1 aromatic heterocycles. The number of aryl methyl sites for hydroxylation is 3. The first-order valence-electron chi connectivity index (χ1n) is 11.6. The molecule has 2 atom stereocenters. The van der Waals surface area contributed by atoms with Gasteiger partial charge in [0.05, 0.1) is 18.7 Å². The van der Waals surface area contributed by atoms with Gasteiger partial charge in [-0.1, -0.05) is 35.5 Å². The van der Waals surface area contributed by atoms with Crippen molar-refractivity contribution >= 4 is 16.0 Å². The molecule has 0 fully saturated rings. The number of carboxylic acid groups (broad SMARTS) is 1. The van der Waals surface area contributed by atoms with Crippen molar-refractivity contribution in [2.24, 2.45) is 7.05 Å². The quantitative estimate of drug-likeness (QED) is 0.507. The average molecular weight is 499 g/mol. The van der Waals surface area contributed by atoms with E-state index in [9.17, 15) is 18.3 Å². The SMILES string of the molecule is Cc1ccc(C(CCc2cn(C)nn2)CC(=O)O)cc1CN1CC(C)Oc2ccccc2S1(=O)=O. The van der Waals surface area contributed by atoms with E-state index in [1.807, 2.05) is 38.2 Å². The summed E-state index contributed by atoms with van der Waals surface area (Å²) < 4.78 is 35.9. The summed E-state index contributed by atoms with van der Waals surface area (Å²) in [5, 5.41) is 17.6. The number of aliphatic carboxylic acids is 1. The molecule has 1 N–H and O–H groups in total. The molecule has 0 aliphatic carbocycles. The summed E-state index contributed by atoms with van der Waals surface area (Å²) in [5.74, 6) is -0.759. The van der Waals surface area contributed by atoms with E-state index < -0.39 is 16.0 Å². The number of benzene rings is 2. The Morgan fingerprint density at radius 3 is 2.74 bits per heavy atom. The molecule has 35 heavy (non-hydrogen) atoms. The normalized spacial score (nSPS) is 18.3. The number of carboxylic acids is 1. The van der Waals surface area contributed by atoms with E-state index >= 15 is 0 Å². The number of nitrogens with zero attached hydrogens (tertiary/aromatic N) is 4. The van der Waals surface area contributed by atoms with Crippen LogP contribution in [0.5, 0.6) is 5.75 Å². The zero-order valence-electron chi connectivity index (χ0n) is 20.1. The van der Waals surface area contributed by atoms with Gasteiger partial charge in [0.1, 0.15) is 16.7 Å². The van der Waals surface area contributed by atoms with Crippen LogP contribution in [-0.4, -0.2) is 51.4 Å². The van der Waals surface area contributed by atoms with Crippen molar-refractivity contribution in [2.75, 3.05) is 6.54 Å². The molecular formula is C25H30N4O5S. The Kier molecular flexibility index (Phi) is 7.23. The molecule has 2 unspecified atom stereocenters. The number of para-hydroxylation sites is 1. The highest BCUT2D eigenvalue weighted by Gasteiger charge is 2.33. The molecular weight excluding hydrogens is 468 g/mol. The predicted octanol–water partition coefficient (Wildman–Crippen LogP) is 3.29. The third-order valence-corrected chi connectivity index (χ3v) is 8.12. The van der Waals surface area contributed by atoms with Crippen LogP contribution in [0.2, 0.25) is 0 Å². The Balaban J connectivity index is 1.62. The van der Waals surface area contributed by atoms with Crippen molar-refractivity contribution in [3.8, 4) is 5.75 Å². The summed E-state index contributed by atoms with van der Waals surface area (Å²) >= 11 is 0. The lowest BCUT2D eigenvalue weighted by Gasteiger charge is -2.23. The van der Waals surface area contributed by atoms with Crippen LogP contribution in [0.3, 0.4) is 0 Å². The molecule has 0 saturated carbocycles. The van der Waals surface area contributed by atoms with Gasteiger partial charge in [0, 0.05) is 19.8 Å². The van der Waals surface area contributed by atoms with Gasteiger partial charge in [-0.3, -0.25) is 9.48 Å². The molecule has 3 aromatic rings. The minimum atomic E-state index is -3.77. The van der Waals surface area contributed by atoms with Crippen molar-refractivity contribution in [1.82, 2.24) is 19.3 Å². The first-order valence-corrected chi connectivity index (χ1v) is 13.0. The average Bonchev–Trinajstić information content (AvgIpc) is 3.18. The molecule has 1 aliphatic rings. The summed E-state index contributed by atoms with van der Waals surface area (Å²) in [6.07, 6.45) is 2.67. The fourth-order valence-electron chi connectivity index (χ4n) is 4.42. The smallest absolute Gasteiger partial charge is 0.303 e. The Morgan fingerprint density at radius 2 is 2.03 bits per heavy atom. The molecule has 0 bridgehead atoms. The molecule has 2 heterocycles. The Morgan fingerprint density at radius 1 is 1.26 bits per heavy atom. The standard InChI is InChI=1S/C25H30N4O5S/c1-17-8-9-19(20(13-25(30)31)10-11-22-16-28(3)27-26-22)12-21(17)15-29-14-18(2)34-23-6-4-5-7-24(23)35(29,32)33/h4-9,12,16,18,20H,10-11,13-15H2,1-3H3,(H,30,31). The summed E-state index contributed by atoms with van der Waals surface area (Å²) in [7, 11) is -1.98. The van der Waals surface area contributed by atoms with Crippen LogP contribution in [-0.2, 0) is 34.8 Å². The van der Waals surface area contributed by atoms with Crippen molar-refractivity contribution in [2.45, 2.75) is 56.6 Å². The van der Waals surface area contributed by atoms with Gasteiger partial charge in [-0.25, -0.2) is 8.42 Å². The second-order valence-corrected chi connectivity index (χ2v) is 11.0. The fraction of sp³-hybridized carbons (Fsp3) is 0.400. The molecule has 2 aromatic carbocycles. The predicted molar refractivity (Wildman–Crippen MR) is 130 cm³/mol. The fourth-order valence-corrected chi connectivity index (χ4v) is 6.04. The monoisotopic (exact) mass is 498 g/mol. The zero-order chi connectivity index (χ0) is 25.2. The Hall–Kier alpha value is -3.24. The molecule has 1 aliphatic heterocycles. The van der Waals surface area contributed by atoms with Gasteiger partial charge in [-0.2, -0.15) is 4.31 Å². The lowest BCUT2D eigenvalue weighted by molar-refractivity contribution is -0.137. The molecule has 0 spiro atoms. The molecule has 0 radical (unpaired) electrons. The number of carbonyl (C=O) groups is 1. The van der Waals surface area contributed by atoms with E-state index in [0.29, 0.717) is 18.6 Å². The molecule has 9 nitrogen and oxygen atoms in total. The van der Waals surface area contributed by atoms with Crippen LogP contribution in [0.1, 0.15) is 48.1 Å². The summed E-state index contributed by atoms with van der Waals surface area (Å²) in [5.41, 5.74) is 3.46. The van der Waals surface area contributed by atoms with Gasteiger partial charge < -0.3 is 9.84 Å². The van der Waals surface area contributed by atoms with E-state index in [2.05, 4.69) is 10.3 Å². The summed E-state index contributed by atoms with van der Waals surface area (Å²) in [6, 6.07) is 12.5. The number of aromatic nitrogens is 3. The van der Waals surface area contributed by atoms with E-state index in [0.717, 1.165) is 22.4 Å². The van der Waals surface area contributed by atoms with Crippen LogP contribution < -0.4 is 4.74 Å². The van der Waals surface area contributed by atoms with Crippen molar-refractivity contribution in [3.05, 3.63) is 71.0 Å². The highest BCUT2D eigenvalue weighted by atomic mass is 32.2. The van der Waals surface area contributed by atoms with Crippen LogP contribution in [0, 0.1) is 6.92 Å². The van der Waals surface area contributed by atoms with Crippen LogP contribution in [0.4, 0.5) is 0 Å². The van der Waals surface area contributed by atoms with Crippen LogP contribution >= 0.6 is 0 Å². The third-order valence-electron chi connectivity index (χ3n) is 6.27. The summed E-state index contributed by atoms with van der Waals surface area (Å²) in [6.45, 7) is 4.17. The van der Waals surface area contributed by atoms with Crippen LogP contribution in [0.25, 0.3) is 0 Å². The number of sulfonamides is 1. The molecule has 186 valence electrons. The first kappa shape index (κ1) is 24.9. The van der Waals surface area contributed by atoms with Crippen molar-refractivity contribution in [3.63, 3.8) is 0 Å². The molecule has 10 heteroatoms. The van der Waals surface area contributed by atoms with Gasteiger partial charge in [0.2, 0.25) is 10.0 Å². The third kappa shape index (κ3) is 5.71. The van der Waals surface area contributed by atoms with E-state index in [-0.39, 0.29) is 36.4 Å². The van der Waals surface area contributed by atoms with Crippen LogP contribution in [0.15, 0.2) is 53.6 Å². The first-order chi connectivity index (χ1) is 16.6. The Bertz CT molecular complexity index is 1320. The maximum Gasteiger partial charge on any atom is 0.303 e. The number of hydrogen-bond donors (Lipinski definition) is 1. The maximum absolute atomic E-state index is 13.5. The second-order valence-electron chi connectivity index (χ2n) is 9.08. The maximum atomic E-state index is 13.5. The van der Waals surface area contributed by atoms with Gasteiger partial charge in [-0.05, 0) is 61.4 Å². The van der Waals surface area contributed by atoms with E-state index in [1.165, 1.54) is 4.31 Å². The zero-order valence-corrected chi connectivity index (χ0v) is 20.9. The number of rotatable bonds is 8. The molecule has 0 saturated heterocycles. The number of fused-ring (bicyclic) bond motifs is 1. The van der Waals surface area contributed by atoms with Crippen molar-refractivity contribution < 1.29 is 23.1 Å². The topological polar surface area (TPSA) is 115 Å². The second kappa shape index (κ2) is 10.2. The number of hydrogen-bond acceptors (Lipinski definition) is 6. The van der Waals surface area contributed by atoms with Gasteiger partial charge in [0.15, 0.2) is 0 Å². The minimum absolute atomic E-state index is 0.0248. The highest BCUT2D eigenvalue weighted by molar-refractivity contribution is 7.89. The van der Waals surface area contributed by atoms with Gasteiger partial charge in [0.25, 0.3) is 0 Å². The number of ether oxygens (including phenoxy) is 1. The van der Waals surface area contributed by atoms with Gasteiger partial charge >= 0.3 is 5.97 Å². The van der Waals surface area contributed by atoms with Crippen molar-refractivity contribution in [1.29, 1.82) is 0 Å². The van der Waals surface area contributed by atoms with Gasteiger partial charge in [-0.15, -0.1) is 5.10 Å². The van der Waals surface area contributed by atoms with E-state index in [4.69, 9.17) is 4.74 Å². The largest absolute Gasteiger partial charge is 0.488 e. The highest BCUT2D eigenvalue weighted by Crippen LogP contribution is 2.33.